The largest absolute Gasteiger partial charge is 0.389 e. The van der Waals surface area contributed by atoms with Crippen LogP contribution in [0.3, 0.4) is 0 Å². The summed E-state index contributed by atoms with van der Waals surface area (Å²) < 4.78 is 0. The third-order valence-electron chi connectivity index (χ3n) is 3.15. The highest BCUT2D eigenvalue weighted by Crippen LogP contribution is 2.29. The Hall–Kier alpha value is -0.860. The van der Waals surface area contributed by atoms with E-state index >= 15 is 0 Å². The van der Waals surface area contributed by atoms with Crippen LogP contribution in [0.4, 0.5) is 0 Å². The fraction of sp³-hybridized carbons (Fsp3) is 0.600. The Kier molecular flexibility index (Phi) is 4.72. The van der Waals surface area contributed by atoms with E-state index in [9.17, 15) is 10.2 Å². The van der Waals surface area contributed by atoms with Crippen molar-refractivity contribution in [3.8, 4) is 0 Å². The lowest BCUT2D eigenvalue weighted by Crippen LogP contribution is -2.22. The molecule has 0 unspecified atom stereocenters. The quantitative estimate of drug-likeness (QED) is 0.635. The molecule has 0 amide bonds. The SMILES string of the molecule is C=C1C[C@@H](O)/C=C(\C)C/C=C/C(C)(C)C[C@@H]1O. The molecule has 2 N–H and O–H groups in total. The standard InChI is InChI=1S/C15H24O2/c1-11-6-5-7-15(3,4)10-14(17)12(2)9-13(16)8-11/h5,7-8,13-14,16-17H,2,6,9-10H2,1,3-4H3/b7-5+,11-8+/t13-,14-/m0/s1. The van der Waals surface area contributed by atoms with Crippen LogP contribution in [-0.2, 0) is 0 Å². The van der Waals surface area contributed by atoms with Crippen molar-refractivity contribution in [1.29, 1.82) is 0 Å². The van der Waals surface area contributed by atoms with Gasteiger partial charge in [-0.2, -0.15) is 0 Å². The van der Waals surface area contributed by atoms with E-state index in [2.05, 4.69) is 32.6 Å². The van der Waals surface area contributed by atoms with Crippen LogP contribution in [0.5, 0.6) is 0 Å². The predicted octanol–water partition coefficient (Wildman–Crippen LogP) is 2.98. The maximum absolute atomic E-state index is 10.0. The molecule has 0 aromatic rings. The van der Waals surface area contributed by atoms with E-state index in [1.54, 1.807) is 0 Å². The minimum atomic E-state index is -0.545. The van der Waals surface area contributed by atoms with Crippen LogP contribution in [0.25, 0.3) is 0 Å². The van der Waals surface area contributed by atoms with E-state index in [0.717, 1.165) is 12.0 Å². The third-order valence-corrected chi connectivity index (χ3v) is 3.15. The van der Waals surface area contributed by atoms with Gasteiger partial charge in [0.2, 0.25) is 0 Å². The van der Waals surface area contributed by atoms with Gasteiger partial charge in [0, 0.05) is 6.42 Å². The molecule has 0 fully saturated rings. The second-order valence-electron chi connectivity index (χ2n) is 5.76. The molecule has 0 aromatic carbocycles. The maximum atomic E-state index is 10.0. The van der Waals surface area contributed by atoms with Crippen LogP contribution in [0, 0.1) is 5.41 Å². The summed E-state index contributed by atoms with van der Waals surface area (Å²) in [5, 5.41) is 19.9. The number of rotatable bonds is 0. The Morgan fingerprint density at radius 2 is 2.00 bits per heavy atom. The average molecular weight is 236 g/mol. The van der Waals surface area contributed by atoms with Crippen molar-refractivity contribution < 1.29 is 10.2 Å². The molecule has 0 aromatic heterocycles. The molecular weight excluding hydrogens is 212 g/mol. The highest BCUT2D eigenvalue weighted by molar-refractivity contribution is 5.15. The number of aliphatic hydroxyl groups is 2. The summed E-state index contributed by atoms with van der Waals surface area (Å²) in [6.07, 6.45) is 6.95. The maximum Gasteiger partial charge on any atom is 0.0761 e. The van der Waals surface area contributed by atoms with Crippen LogP contribution in [0.2, 0.25) is 0 Å². The highest BCUT2D eigenvalue weighted by atomic mass is 16.3. The van der Waals surface area contributed by atoms with Crippen LogP contribution in [-0.4, -0.2) is 22.4 Å². The zero-order chi connectivity index (χ0) is 13.1. The molecule has 0 bridgehead atoms. The van der Waals surface area contributed by atoms with Crippen molar-refractivity contribution in [2.45, 2.75) is 52.2 Å². The Balaban J connectivity index is 2.91. The lowest BCUT2D eigenvalue weighted by Gasteiger charge is -2.25. The highest BCUT2D eigenvalue weighted by Gasteiger charge is 2.22. The van der Waals surface area contributed by atoms with E-state index < -0.39 is 12.2 Å². The van der Waals surface area contributed by atoms with E-state index in [-0.39, 0.29) is 5.41 Å². The Morgan fingerprint density at radius 3 is 2.65 bits per heavy atom. The molecule has 0 aliphatic heterocycles. The first kappa shape index (κ1) is 14.2. The van der Waals surface area contributed by atoms with Gasteiger partial charge in [-0.25, -0.2) is 0 Å². The van der Waals surface area contributed by atoms with Crippen LogP contribution in [0.15, 0.2) is 36.0 Å². The normalized spacial score (nSPS) is 35.6. The number of hydrogen-bond donors (Lipinski definition) is 2. The molecule has 1 aliphatic carbocycles. The predicted molar refractivity (Wildman–Crippen MR) is 71.7 cm³/mol. The van der Waals surface area contributed by atoms with Gasteiger partial charge in [-0.3, -0.25) is 0 Å². The average Bonchev–Trinajstić information content (AvgIpc) is 2.15. The molecule has 0 spiro atoms. The van der Waals surface area contributed by atoms with Crippen molar-refractivity contribution >= 4 is 0 Å². The fourth-order valence-electron chi connectivity index (χ4n) is 2.13. The van der Waals surface area contributed by atoms with Gasteiger partial charge in [0.05, 0.1) is 12.2 Å². The van der Waals surface area contributed by atoms with Crippen molar-refractivity contribution in [2.75, 3.05) is 0 Å². The summed E-state index contributed by atoms with van der Waals surface area (Å²) in [6, 6.07) is 0. The number of aliphatic hydroxyl groups excluding tert-OH is 2. The molecule has 2 nitrogen and oxygen atoms in total. The zero-order valence-electron chi connectivity index (χ0n) is 11.1. The van der Waals surface area contributed by atoms with Crippen molar-refractivity contribution in [1.82, 2.24) is 0 Å². The minimum Gasteiger partial charge on any atom is -0.389 e. The Bertz CT molecular complexity index is 337. The molecule has 0 saturated carbocycles. The van der Waals surface area contributed by atoms with Crippen LogP contribution < -0.4 is 0 Å². The lowest BCUT2D eigenvalue weighted by molar-refractivity contribution is 0.146. The van der Waals surface area contributed by atoms with Crippen LogP contribution >= 0.6 is 0 Å². The molecule has 0 radical (unpaired) electrons. The van der Waals surface area contributed by atoms with Crippen molar-refractivity contribution in [3.63, 3.8) is 0 Å². The molecule has 2 atom stereocenters. The van der Waals surface area contributed by atoms with E-state index in [0.29, 0.717) is 18.4 Å². The van der Waals surface area contributed by atoms with Gasteiger partial charge in [-0.05, 0) is 30.8 Å². The second-order valence-corrected chi connectivity index (χ2v) is 5.76. The van der Waals surface area contributed by atoms with Gasteiger partial charge in [-0.15, -0.1) is 0 Å². The van der Waals surface area contributed by atoms with E-state index in [1.165, 1.54) is 0 Å². The summed E-state index contributed by atoms with van der Waals surface area (Å²) in [7, 11) is 0. The fourth-order valence-corrected chi connectivity index (χ4v) is 2.13. The molecular formula is C15H24O2. The van der Waals surface area contributed by atoms with Gasteiger partial charge in [0.15, 0.2) is 0 Å². The first-order chi connectivity index (χ1) is 7.80. The Labute approximate surface area is 104 Å². The summed E-state index contributed by atoms with van der Waals surface area (Å²) in [5.41, 5.74) is 1.82. The number of allylic oxidation sites excluding steroid dienone is 3. The minimum absolute atomic E-state index is 0.0437. The summed E-state index contributed by atoms with van der Waals surface area (Å²) in [5.74, 6) is 0. The smallest absolute Gasteiger partial charge is 0.0761 e. The zero-order valence-corrected chi connectivity index (χ0v) is 11.1. The van der Waals surface area contributed by atoms with Gasteiger partial charge in [0.1, 0.15) is 0 Å². The van der Waals surface area contributed by atoms with Crippen LogP contribution in [0.1, 0.15) is 40.0 Å². The van der Waals surface area contributed by atoms with Crippen molar-refractivity contribution in [2.24, 2.45) is 5.41 Å². The molecule has 1 aliphatic rings. The van der Waals surface area contributed by atoms with E-state index in [4.69, 9.17) is 0 Å². The molecule has 0 saturated heterocycles. The summed E-state index contributed by atoms with van der Waals surface area (Å²) in [4.78, 5) is 0. The molecule has 2 heteroatoms. The van der Waals surface area contributed by atoms with Gasteiger partial charge in [0.25, 0.3) is 0 Å². The summed E-state index contributed by atoms with van der Waals surface area (Å²) in [6.45, 7) is 10.1. The molecule has 96 valence electrons. The number of hydrogen-bond acceptors (Lipinski definition) is 2. The van der Waals surface area contributed by atoms with Gasteiger partial charge in [-0.1, -0.05) is 44.2 Å². The lowest BCUT2D eigenvalue weighted by atomic mass is 9.83. The molecule has 17 heavy (non-hydrogen) atoms. The van der Waals surface area contributed by atoms with E-state index in [1.807, 2.05) is 13.0 Å². The van der Waals surface area contributed by atoms with Crippen molar-refractivity contribution in [3.05, 3.63) is 36.0 Å². The topological polar surface area (TPSA) is 40.5 Å². The molecule has 1 rings (SSSR count). The first-order valence-electron chi connectivity index (χ1n) is 6.19. The monoisotopic (exact) mass is 236 g/mol. The van der Waals surface area contributed by atoms with Gasteiger partial charge >= 0.3 is 0 Å². The summed E-state index contributed by atoms with van der Waals surface area (Å²) >= 11 is 0. The molecule has 0 heterocycles. The Morgan fingerprint density at radius 1 is 1.35 bits per heavy atom. The third kappa shape index (κ3) is 4.88. The second kappa shape index (κ2) is 5.65. The van der Waals surface area contributed by atoms with Gasteiger partial charge < -0.3 is 10.2 Å². The first-order valence-corrected chi connectivity index (χ1v) is 6.19.